The first-order valence-electron chi connectivity index (χ1n) is 6.44. The van der Waals surface area contributed by atoms with Crippen LogP contribution in [0.2, 0.25) is 0 Å². The highest BCUT2D eigenvalue weighted by Gasteiger charge is 2.20. The zero-order valence-corrected chi connectivity index (χ0v) is 12.7. The molecule has 0 fully saturated rings. The minimum Gasteiger partial charge on any atom is -0.399 e. The molecule has 1 aromatic carbocycles. The van der Waals surface area contributed by atoms with Crippen LogP contribution in [0.1, 0.15) is 18.9 Å². The third kappa shape index (κ3) is 4.44. The van der Waals surface area contributed by atoms with E-state index >= 15 is 0 Å². The molecular formula is C14H23N3OS. The predicted octanol–water partition coefficient (Wildman–Crippen LogP) is 2.01. The molecule has 4 N–H and O–H groups in total. The summed E-state index contributed by atoms with van der Waals surface area (Å²) in [6.45, 7) is 4.05. The van der Waals surface area contributed by atoms with E-state index in [0.717, 1.165) is 22.8 Å². The van der Waals surface area contributed by atoms with Crippen molar-refractivity contribution in [3.05, 3.63) is 23.8 Å². The molecule has 0 radical (unpaired) electrons. The van der Waals surface area contributed by atoms with Gasteiger partial charge in [-0.2, -0.15) is 11.8 Å². The van der Waals surface area contributed by atoms with Crippen molar-refractivity contribution < 1.29 is 4.79 Å². The van der Waals surface area contributed by atoms with Crippen LogP contribution >= 0.6 is 11.8 Å². The van der Waals surface area contributed by atoms with Gasteiger partial charge in [0.25, 0.3) is 0 Å². The molecule has 0 bridgehead atoms. The third-order valence-corrected chi connectivity index (χ3v) is 3.95. The van der Waals surface area contributed by atoms with Crippen molar-refractivity contribution >= 4 is 29.0 Å². The number of carbonyl (C=O) groups excluding carboxylic acids is 1. The van der Waals surface area contributed by atoms with Crippen molar-refractivity contribution in [1.82, 2.24) is 0 Å². The van der Waals surface area contributed by atoms with Crippen LogP contribution in [0.5, 0.6) is 0 Å². The standard InChI is InChI=1S/C14H23N3OS/c1-4-19-8-7-12(16)14(18)17(3)13-9-11(15)6-5-10(13)2/h5-6,9,12H,4,7-8,15-16H2,1-3H3/t12-/m0/s1. The molecule has 0 aliphatic rings. The first-order valence-corrected chi connectivity index (χ1v) is 7.59. The summed E-state index contributed by atoms with van der Waals surface area (Å²) in [5, 5.41) is 0. The van der Waals surface area contributed by atoms with Gasteiger partial charge in [0.2, 0.25) is 5.91 Å². The van der Waals surface area contributed by atoms with Crippen LogP contribution < -0.4 is 16.4 Å². The van der Waals surface area contributed by atoms with Crippen molar-refractivity contribution in [3.63, 3.8) is 0 Å². The molecule has 0 aliphatic carbocycles. The molecule has 0 saturated carbocycles. The number of hydrogen-bond donors (Lipinski definition) is 2. The van der Waals surface area contributed by atoms with Gasteiger partial charge in [0.05, 0.1) is 6.04 Å². The molecule has 106 valence electrons. The van der Waals surface area contributed by atoms with Crippen molar-refractivity contribution in [2.75, 3.05) is 29.2 Å². The molecule has 0 aliphatic heterocycles. The molecule has 5 heteroatoms. The van der Waals surface area contributed by atoms with E-state index in [4.69, 9.17) is 11.5 Å². The molecule has 1 aromatic rings. The Morgan fingerprint density at radius 1 is 1.47 bits per heavy atom. The van der Waals surface area contributed by atoms with Gasteiger partial charge in [-0.05, 0) is 42.5 Å². The van der Waals surface area contributed by atoms with E-state index in [1.54, 1.807) is 29.8 Å². The van der Waals surface area contributed by atoms with Crippen LogP contribution in [0.4, 0.5) is 11.4 Å². The summed E-state index contributed by atoms with van der Waals surface area (Å²) in [5.74, 6) is 1.89. The number of likely N-dealkylation sites (N-methyl/N-ethyl adjacent to an activating group) is 1. The van der Waals surface area contributed by atoms with E-state index in [1.165, 1.54) is 0 Å². The number of benzene rings is 1. The maximum absolute atomic E-state index is 12.3. The van der Waals surface area contributed by atoms with Crippen molar-refractivity contribution in [2.45, 2.75) is 26.3 Å². The molecule has 0 heterocycles. The maximum atomic E-state index is 12.3. The Balaban J connectivity index is 2.73. The second-order valence-corrected chi connectivity index (χ2v) is 5.93. The number of amides is 1. The number of hydrogen-bond acceptors (Lipinski definition) is 4. The molecule has 1 atom stereocenters. The lowest BCUT2D eigenvalue weighted by Crippen LogP contribution is -2.42. The van der Waals surface area contributed by atoms with E-state index in [9.17, 15) is 4.79 Å². The van der Waals surface area contributed by atoms with E-state index in [0.29, 0.717) is 12.1 Å². The fourth-order valence-corrected chi connectivity index (χ4v) is 2.54. The number of nitrogen functional groups attached to an aromatic ring is 1. The number of nitrogens with two attached hydrogens (primary N) is 2. The fourth-order valence-electron chi connectivity index (χ4n) is 1.83. The SMILES string of the molecule is CCSCC[C@H](N)C(=O)N(C)c1cc(N)ccc1C. The minimum atomic E-state index is -0.454. The van der Waals surface area contributed by atoms with Crippen LogP contribution in [0.3, 0.4) is 0 Å². The molecule has 4 nitrogen and oxygen atoms in total. The average molecular weight is 281 g/mol. The summed E-state index contributed by atoms with van der Waals surface area (Å²) >= 11 is 1.80. The summed E-state index contributed by atoms with van der Waals surface area (Å²) in [7, 11) is 1.75. The highest BCUT2D eigenvalue weighted by molar-refractivity contribution is 7.99. The maximum Gasteiger partial charge on any atom is 0.243 e. The zero-order valence-electron chi connectivity index (χ0n) is 11.8. The quantitative estimate of drug-likeness (QED) is 0.618. The van der Waals surface area contributed by atoms with Gasteiger partial charge in [0.1, 0.15) is 0 Å². The average Bonchev–Trinajstić information content (AvgIpc) is 2.40. The monoisotopic (exact) mass is 281 g/mol. The molecule has 0 saturated heterocycles. The third-order valence-electron chi connectivity index (χ3n) is 3.02. The molecule has 19 heavy (non-hydrogen) atoms. The Morgan fingerprint density at radius 2 is 2.16 bits per heavy atom. The van der Waals surface area contributed by atoms with Crippen LogP contribution in [0, 0.1) is 6.92 Å². The summed E-state index contributed by atoms with van der Waals surface area (Å²) < 4.78 is 0. The molecule has 1 amide bonds. The Labute approximate surface area is 119 Å². The van der Waals surface area contributed by atoms with Crippen LogP contribution in [-0.4, -0.2) is 30.5 Å². The molecule has 0 aromatic heterocycles. The lowest BCUT2D eigenvalue weighted by Gasteiger charge is -2.23. The largest absolute Gasteiger partial charge is 0.399 e. The van der Waals surface area contributed by atoms with Gasteiger partial charge < -0.3 is 16.4 Å². The van der Waals surface area contributed by atoms with Gasteiger partial charge in [-0.3, -0.25) is 4.79 Å². The van der Waals surface area contributed by atoms with Crippen molar-refractivity contribution in [1.29, 1.82) is 0 Å². The molecular weight excluding hydrogens is 258 g/mol. The van der Waals surface area contributed by atoms with Gasteiger partial charge in [0.15, 0.2) is 0 Å². The van der Waals surface area contributed by atoms with Gasteiger partial charge in [-0.1, -0.05) is 13.0 Å². The smallest absolute Gasteiger partial charge is 0.243 e. The minimum absolute atomic E-state index is 0.0644. The highest BCUT2D eigenvalue weighted by atomic mass is 32.2. The summed E-state index contributed by atoms with van der Waals surface area (Å²) in [6.07, 6.45) is 0.697. The Hall–Kier alpha value is -1.20. The first-order chi connectivity index (χ1) is 8.97. The summed E-state index contributed by atoms with van der Waals surface area (Å²) in [5.41, 5.74) is 14.2. The Bertz CT molecular complexity index is 437. The predicted molar refractivity (Wildman–Crippen MR) is 84.6 cm³/mol. The second kappa shape index (κ2) is 7.40. The highest BCUT2D eigenvalue weighted by Crippen LogP contribution is 2.22. The number of thioether (sulfide) groups is 1. The van der Waals surface area contributed by atoms with Gasteiger partial charge in [-0.15, -0.1) is 0 Å². The molecule has 0 spiro atoms. The zero-order chi connectivity index (χ0) is 14.4. The fraction of sp³-hybridized carbons (Fsp3) is 0.500. The number of anilines is 2. The van der Waals surface area contributed by atoms with Crippen LogP contribution in [0.25, 0.3) is 0 Å². The normalized spacial score (nSPS) is 12.2. The molecule has 0 unspecified atom stereocenters. The van der Waals surface area contributed by atoms with Crippen LogP contribution in [-0.2, 0) is 4.79 Å². The summed E-state index contributed by atoms with van der Waals surface area (Å²) in [6, 6.07) is 5.09. The number of carbonyl (C=O) groups is 1. The Kier molecular flexibility index (Phi) is 6.18. The second-order valence-electron chi connectivity index (χ2n) is 4.54. The first kappa shape index (κ1) is 15.9. The number of aryl methyl sites for hydroxylation is 1. The topological polar surface area (TPSA) is 72.4 Å². The van der Waals surface area contributed by atoms with Gasteiger partial charge in [0, 0.05) is 18.4 Å². The van der Waals surface area contributed by atoms with Gasteiger partial charge >= 0.3 is 0 Å². The summed E-state index contributed by atoms with van der Waals surface area (Å²) in [4.78, 5) is 13.9. The lowest BCUT2D eigenvalue weighted by atomic mass is 10.1. The number of rotatable bonds is 6. The molecule has 1 rings (SSSR count). The van der Waals surface area contributed by atoms with Crippen molar-refractivity contribution in [3.8, 4) is 0 Å². The van der Waals surface area contributed by atoms with Crippen LogP contribution in [0.15, 0.2) is 18.2 Å². The number of nitrogens with zero attached hydrogens (tertiary/aromatic N) is 1. The van der Waals surface area contributed by atoms with E-state index in [1.807, 2.05) is 19.1 Å². The lowest BCUT2D eigenvalue weighted by molar-refractivity contribution is -0.119. The van der Waals surface area contributed by atoms with E-state index < -0.39 is 6.04 Å². The van der Waals surface area contributed by atoms with E-state index in [-0.39, 0.29) is 5.91 Å². The van der Waals surface area contributed by atoms with Gasteiger partial charge in [-0.25, -0.2) is 0 Å². The Morgan fingerprint density at radius 3 is 2.79 bits per heavy atom. The van der Waals surface area contributed by atoms with E-state index in [2.05, 4.69) is 6.92 Å². The van der Waals surface area contributed by atoms with Crippen molar-refractivity contribution in [2.24, 2.45) is 5.73 Å².